The largest absolute Gasteiger partial charge is 0.508 e. The van der Waals surface area contributed by atoms with E-state index in [1.165, 1.54) is 0 Å². The second kappa shape index (κ2) is 9.13. The maximum absolute atomic E-state index is 12.5. The number of rotatable bonds is 6. The molecule has 3 aromatic carbocycles. The highest BCUT2D eigenvalue weighted by molar-refractivity contribution is 5.98. The van der Waals surface area contributed by atoms with Crippen LogP contribution in [-0.4, -0.2) is 22.0 Å². The van der Waals surface area contributed by atoms with Gasteiger partial charge in [0.25, 0.3) is 11.8 Å². The topological polar surface area (TPSA) is 98.7 Å². The van der Waals surface area contributed by atoms with Crippen LogP contribution in [0.3, 0.4) is 0 Å². The fourth-order valence-electron chi connectivity index (χ4n) is 3.09. The minimum Gasteiger partial charge on any atom is -0.508 e. The number of benzene rings is 3. The second-order valence-electron chi connectivity index (χ2n) is 7.16. The van der Waals surface area contributed by atoms with Crippen molar-refractivity contribution in [2.45, 2.75) is 25.9 Å². The Kier molecular flexibility index (Phi) is 6.37. The van der Waals surface area contributed by atoms with E-state index in [0.717, 1.165) is 11.1 Å². The summed E-state index contributed by atoms with van der Waals surface area (Å²) in [5.41, 5.74) is 2.44. The lowest BCUT2D eigenvalue weighted by molar-refractivity contribution is 0.0927. The van der Waals surface area contributed by atoms with Gasteiger partial charge in [-0.2, -0.15) is 0 Å². The van der Waals surface area contributed by atoms with E-state index in [9.17, 15) is 19.8 Å². The van der Waals surface area contributed by atoms with Gasteiger partial charge in [-0.15, -0.1) is 0 Å². The first-order valence-electron chi connectivity index (χ1n) is 9.63. The van der Waals surface area contributed by atoms with Crippen molar-refractivity contribution in [3.63, 3.8) is 0 Å². The lowest BCUT2D eigenvalue weighted by Crippen LogP contribution is -2.28. The SMILES string of the molecule is CC(NC(=O)c1ccc(C(=O)NC(C)c2cccc(O)c2)cc1)c1cccc(O)c1. The second-order valence-corrected chi connectivity index (χ2v) is 7.16. The van der Waals surface area contributed by atoms with Gasteiger partial charge < -0.3 is 20.8 Å². The molecule has 6 nitrogen and oxygen atoms in total. The summed E-state index contributed by atoms with van der Waals surface area (Å²) >= 11 is 0. The Hall–Kier alpha value is -3.80. The summed E-state index contributed by atoms with van der Waals surface area (Å²) in [6, 6.07) is 19.3. The van der Waals surface area contributed by atoms with Crippen LogP contribution in [0.15, 0.2) is 72.8 Å². The van der Waals surface area contributed by atoms with Crippen LogP contribution in [0.4, 0.5) is 0 Å². The van der Waals surface area contributed by atoms with Crippen molar-refractivity contribution in [2.24, 2.45) is 0 Å². The van der Waals surface area contributed by atoms with Gasteiger partial charge in [0.2, 0.25) is 0 Å². The number of nitrogens with one attached hydrogen (secondary N) is 2. The van der Waals surface area contributed by atoms with Crippen molar-refractivity contribution in [3.8, 4) is 11.5 Å². The first-order chi connectivity index (χ1) is 14.3. The number of hydrogen-bond acceptors (Lipinski definition) is 4. The molecule has 4 N–H and O–H groups in total. The summed E-state index contributed by atoms with van der Waals surface area (Å²) in [6.07, 6.45) is 0. The van der Waals surface area contributed by atoms with Gasteiger partial charge >= 0.3 is 0 Å². The fraction of sp³-hybridized carbons (Fsp3) is 0.167. The van der Waals surface area contributed by atoms with Crippen molar-refractivity contribution in [1.29, 1.82) is 0 Å². The molecule has 6 heteroatoms. The lowest BCUT2D eigenvalue weighted by Gasteiger charge is -2.16. The minimum absolute atomic E-state index is 0.143. The molecule has 0 aliphatic carbocycles. The van der Waals surface area contributed by atoms with E-state index in [1.807, 2.05) is 26.0 Å². The number of carbonyl (C=O) groups excluding carboxylic acids is 2. The van der Waals surface area contributed by atoms with Crippen LogP contribution in [0.2, 0.25) is 0 Å². The molecule has 2 amide bonds. The highest BCUT2D eigenvalue weighted by Gasteiger charge is 2.15. The van der Waals surface area contributed by atoms with Gasteiger partial charge in [-0.25, -0.2) is 0 Å². The number of carbonyl (C=O) groups is 2. The Labute approximate surface area is 175 Å². The number of aromatic hydroxyl groups is 2. The smallest absolute Gasteiger partial charge is 0.251 e. The molecular weight excluding hydrogens is 380 g/mol. The number of phenols is 2. The minimum atomic E-state index is -0.282. The van der Waals surface area contributed by atoms with E-state index in [0.29, 0.717) is 11.1 Å². The van der Waals surface area contributed by atoms with Crippen molar-refractivity contribution in [1.82, 2.24) is 10.6 Å². The Balaban J connectivity index is 1.62. The zero-order chi connectivity index (χ0) is 21.7. The summed E-state index contributed by atoms with van der Waals surface area (Å²) in [4.78, 5) is 25.0. The third kappa shape index (κ3) is 5.17. The van der Waals surface area contributed by atoms with Crippen LogP contribution in [-0.2, 0) is 0 Å². The number of hydrogen-bond donors (Lipinski definition) is 4. The third-order valence-corrected chi connectivity index (χ3v) is 4.84. The Bertz CT molecular complexity index is 963. The van der Waals surface area contributed by atoms with Crippen LogP contribution in [0, 0.1) is 0 Å². The van der Waals surface area contributed by atoms with Crippen LogP contribution >= 0.6 is 0 Å². The van der Waals surface area contributed by atoms with Gasteiger partial charge in [0.1, 0.15) is 11.5 Å². The summed E-state index contributed by atoms with van der Waals surface area (Å²) in [5.74, 6) is -0.260. The molecule has 2 unspecified atom stereocenters. The van der Waals surface area contributed by atoms with Crippen LogP contribution in [0.5, 0.6) is 11.5 Å². The molecule has 0 radical (unpaired) electrons. The van der Waals surface area contributed by atoms with Crippen LogP contribution in [0.25, 0.3) is 0 Å². The highest BCUT2D eigenvalue weighted by atomic mass is 16.3. The molecule has 0 bridgehead atoms. The first kappa shape index (κ1) is 20.9. The zero-order valence-electron chi connectivity index (χ0n) is 16.8. The molecule has 0 heterocycles. The van der Waals surface area contributed by atoms with E-state index < -0.39 is 0 Å². The van der Waals surface area contributed by atoms with E-state index in [1.54, 1.807) is 60.7 Å². The first-order valence-corrected chi connectivity index (χ1v) is 9.63. The maximum Gasteiger partial charge on any atom is 0.251 e. The van der Waals surface area contributed by atoms with Gasteiger partial charge in [-0.3, -0.25) is 9.59 Å². The molecule has 0 spiro atoms. The third-order valence-electron chi connectivity index (χ3n) is 4.84. The molecule has 0 saturated carbocycles. The molecular formula is C24H24N2O4. The average Bonchev–Trinajstić information content (AvgIpc) is 2.73. The monoisotopic (exact) mass is 404 g/mol. The molecule has 2 atom stereocenters. The molecule has 30 heavy (non-hydrogen) atoms. The molecule has 3 aromatic rings. The van der Waals surface area contributed by atoms with Gasteiger partial charge in [0, 0.05) is 11.1 Å². The van der Waals surface area contributed by atoms with Crippen molar-refractivity contribution < 1.29 is 19.8 Å². The van der Waals surface area contributed by atoms with Crippen molar-refractivity contribution >= 4 is 11.8 Å². The normalized spacial score (nSPS) is 12.6. The molecule has 154 valence electrons. The maximum atomic E-state index is 12.5. The average molecular weight is 404 g/mol. The Morgan fingerprint density at radius 3 is 1.37 bits per heavy atom. The quantitative estimate of drug-likeness (QED) is 0.497. The highest BCUT2D eigenvalue weighted by Crippen LogP contribution is 2.20. The number of phenolic OH excluding ortho intramolecular Hbond substituents is 2. The van der Waals surface area contributed by atoms with Crippen molar-refractivity contribution in [2.75, 3.05) is 0 Å². The van der Waals surface area contributed by atoms with E-state index >= 15 is 0 Å². The van der Waals surface area contributed by atoms with Gasteiger partial charge in [0.15, 0.2) is 0 Å². The van der Waals surface area contributed by atoms with E-state index in [-0.39, 0.29) is 35.4 Å². The molecule has 3 rings (SSSR count). The zero-order valence-corrected chi connectivity index (χ0v) is 16.8. The summed E-state index contributed by atoms with van der Waals surface area (Å²) in [7, 11) is 0. The number of amides is 2. The molecule has 0 fully saturated rings. The summed E-state index contributed by atoms with van der Waals surface area (Å²) < 4.78 is 0. The molecule has 0 aliphatic heterocycles. The van der Waals surface area contributed by atoms with Gasteiger partial charge in [-0.1, -0.05) is 24.3 Å². The van der Waals surface area contributed by atoms with Gasteiger partial charge in [0.05, 0.1) is 12.1 Å². The van der Waals surface area contributed by atoms with Crippen LogP contribution < -0.4 is 10.6 Å². The van der Waals surface area contributed by atoms with Gasteiger partial charge in [-0.05, 0) is 73.5 Å². The molecule has 0 aliphatic rings. The van der Waals surface area contributed by atoms with Crippen molar-refractivity contribution in [3.05, 3.63) is 95.1 Å². The summed E-state index contributed by atoms with van der Waals surface area (Å²) in [6.45, 7) is 3.66. The lowest BCUT2D eigenvalue weighted by atomic mass is 10.1. The Morgan fingerprint density at radius 1 is 0.667 bits per heavy atom. The standard InChI is InChI=1S/C24H24N2O4/c1-15(19-5-3-7-21(27)13-19)25-23(29)17-9-11-18(12-10-17)24(30)26-16(2)20-6-4-8-22(28)14-20/h3-16,27-28H,1-2H3,(H,25,29)(H,26,30). The molecule has 0 saturated heterocycles. The molecule has 0 aromatic heterocycles. The predicted molar refractivity (Wildman–Crippen MR) is 114 cm³/mol. The predicted octanol–water partition coefficient (Wildman–Crippen LogP) is 4.08. The summed E-state index contributed by atoms with van der Waals surface area (Å²) in [5, 5.41) is 24.9. The Morgan fingerprint density at radius 2 is 1.03 bits per heavy atom. The fourth-order valence-corrected chi connectivity index (χ4v) is 3.09. The van der Waals surface area contributed by atoms with E-state index in [2.05, 4.69) is 10.6 Å². The van der Waals surface area contributed by atoms with E-state index in [4.69, 9.17) is 0 Å². The van der Waals surface area contributed by atoms with Crippen LogP contribution in [0.1, 0.15) is 57.8 Å².